The second kappa shape index (κ2) is 10.5. The first kappa shape index (κ1) is 28.1. The number of rotatable bonds is 7. The van der Waals surface area contributed by atoms with E-state index in [1.165, 1.54) is 28.9 Å². The number of alkyl halides is 3. The van der Waals surface area contributed by atoms with Crippen molar-refractivity contribution in [2.75, 3.05) is 11.6 Å². The van der Waals surface area contributed by atoms with Crippen molar-refractivity contribution < 1.29 is 30.8 Å². The number of hydrogen-bond acceptors (Lipinski definition) is 4. The Hall–Kier alpha value is -3.45. The second-order valence-electron chi connectivity index (χ2n) is 9.44. The Labute approximate surface area is 212 Å². The molecule has 0 saturated heterocycles. The largest absolute Gasteiger partial charge is 0.416 e. The highest BCUT2D eigenvalue weighted by Gasteiger charge is 2.31. The van der Waals surface area contributed by atoms with E-state index in [4.69, 9.17) is 0 Å². The zero-order valence-electron chi connectivity index (χ0n) is 20.6. The van der Waals surface area contributed by atoms with E-state index in [9.17, 15) is 30.8 Å². The summed E-state index contributed by atoms with van der Waals surface area (Å²) < 4.78 is 79.9. The molecule has 0 unspecified atom stereocenters. The molecule has 2 amide bonds. The van der Waals surface area contributed by atoms with E-state index in [-0.39, 0.29) is 30.0 Å². The molecule has 0 spiro atoms. The van der Waals surface area contributed by atoms with Crippen molar-refractivity contribution in [3.05, 3.63) is 76.9 Å². The number of halogens is 4. The number of benzene rings is 2. The molecule has 8 nitrogen and oxygen atoms in total. The normalized spacial score (nSPS) is 12.4. The fraction of sp³-hybridized carbons (Fsp3) is 0.333. The molecule has 2 aromatic carbocycles. The van der Waals surface area contributed by atoms with Crippen molar-refractivity contribution >= 4 is 21.7 Å². The molecule has 0 aliphatic carbocycles. The van der Waals surface area contributed by atoms with Gasteiger partial charge in [0.15, 0.2) is 0 Å². The van der Waals surface area contributed by atoms with Crippen molar-refractivity contribution in [3.8, 4) is 5.69 Å². The number of carbonyl (C=O) groups is 1. The Kier molecular flexibility index (Phi) is 7.98. The lowest BCUT2D eigenvalue weighted by molar-refractivity contribution is -0.137. The first-order valence-electron chi connectivity index (χ1n) is 11.1. The molecule has 0 saturated carbocycles. The standard InChI is InChI=1S/C24H27F4N5O3S/c1-23(2,3)21-12-19(33(32-21)18-7-5-6-16(10-18)24(26,27)28)14-29-22(34)31-17-9-8-15(20(25)11-17)13-30-37(4,35)36/h5-12,30H,13-14H2,1-4H3,(H2,29,31,34). The number of amides is 2. The smallest absolute Gasteiger partial charge is 0.332 e. The summed E-state index contributed by atoms with van der Waals surface area (Å²) in [5, 5.41) is 9.54. The van der Waals surface area contributed by atoms with E-state index in [0.717, 1.165) is 24.5 Å². The van der Waals surface area contributed by atoms with Crippen LogP contribution in [-0.2, 0) is 34.7 Å². The third kappa shape index (κ3) is 7.76. The van der Waals surface area contributed by atoms with Crippen LogP contribution in [0.25, 0.3) is 5.69 Å². The summed E-state index contributed by atoms with van der Waals surface area (Å²) in [6.07, 6.45) is -3.57. The van der Waals surface area contributed by atoms with Crippen molar-refractivity contribution in [2.45, 2.75) is 45.5 Å². The fourth-order valence-electron chi connectivity index (χ4n) is 3.27. The lowest BCUT2D eigenvalue weighted by Gasteiger charge is -2.14. The molecule has 0 fully saturated rings. The van der Waals surface area contributed by atoms with E-state index in [1.807, 2.05) is 20.8 Å². The number of carbonyl (C=O) groups excluding carboxylic acids is 1. The third-order valence-electron chi connectivity index (χ3n) is 5.24. The van der Waals surface area contributed by atoms with Crippen LogP contribution in [0.1, 0.15) is 43.3 Å². The van der Waals surface area contributed by atoms with Gasteiger partial charge in [0.05, 0.1) is 35.4 Å². The molecule has 0 bridgehead atoms. The minimum absolute atomic E-state index is 0.0794. The molecule has 13 heteroatoms. The average molecular weight is 542 g/mol. The molecule has 0 aliphatic rings. The van der Waals surface area contributed by atoms with Crippen molar-refractivity contribution in [1.82, 2.24) is 19.8 Å². The van der Waals surface area contributed by atoms with Gasteiger partial charge in [-0.05, 0) is 36.4 Å². The summed E-state index contributed by atoms with van der Waals surface area (Å²) in [5.74, 6) is -0.716. The highest BCUT2D eigenvalue weighted by molar-refractivity contribution is 7.88. The van der Waals surface area contributed by atoms with Gasteiger partial charge in [-0.15, -0.1) is 0 Å². The molecule has 3 aromatic rings. The Morgan fingerprint density at radius 2 is 1.73 bits per heavy atom. The molecule has 1 heterocycles. The van der Waals surface area contributed by atoms with Gasteiger partial charge >= 0.3 is 12.2 Å². The molecule has 0 atom stereocenters. The Morgan fingerprint density at radius 3 is 2.32 bits per heavy atom. The van der Waals surface area contributed by atoms with E-state index < -0.39 is 39.0 Å². The van der Waals surface area contributed by atoms with Gasteiger partial charge in [-0.3, -0.25) is 0 Å². The van der Waals surface area contributed by atoms with Crippen molar-refractivity contribution in [3.63, 3.8) is 0 Å². The maximum absolute atomic E-state index is 14.3. The molecule has 200 valence electrons. The van der Waals surface area contributed by atoms with E-state index >= 15 is 0 Å². The topological polar surface area (TPSA) is 105 Å². The number of anilines is 1. The van der Waals surface area contributed by atoms with Crippen molar-refractivity contribution in [1.29, 1.82) is 0 Å². The molecule has 3 rings (SSSR count). The van der Waals surface area contributed by atoms with Crippen LogP contribution in [0, 0.1) is 5.82 Å². The van der Waals surface area contributed by atoms with Gasteiger partial charge in [0, 0.05) is 23.2 Å². The highest BCUT2D eigenvalue weighted by atomic mass is 32.2. The van der Waals surface area contributed by atoms with Crippen molar-refractivity contribution in [2.24, 2.45) is 0 Å². The number of aromatic nitrogens is 2. The molecule has 37 heavy (non-hydrogen) atoms. The van der Waals surface area contributed by atoms with E-state index in [1.54, 1.807) is 6.07 Å². The minimum atomic E-state index is -4.53. The maximum atomic E-state index is 14.3. The number of nitrogens with one attached hydrogen (secondary N) is 3. The fourth-order valence-corrected chi connectivity index (χ4v) is 3.69. The Bertz CT molecular complexity index is 1400. The number of urea groups is 1. The lowest BCUT2D eigenvalue weighted by Crippen LogP contribution is -2.29. The van der Waals surface area contributed by atoms with Gasteiger partial charge in [-0.1, -0.05) is 32.9 Å². The third-order valence-corrected chi connectivity index (χ3v) is 5.90. The summed E-state index contributed by atoms with van der Waals surface area (Å²) >= 11 is 0. The van der Waals surface area contributed by atoms with Crippen LogP contribution in [-0.4, -0.2) is 30.5 Å². The monoisotopic (exact) mass is 541 g/mol. The molecule has 3 N–H and O–H groups in total. The maximum Gasteiger partial charge on any atom is 0.416 e. The van der Waals surface area contributed by atoms with Gasteiger partial charge in [0.25, 0.3) is 0 Å². The Morgan fingerprint density at radius 1 is 1.03 bits per heavy atom. The molecule has 0 aliphatic heterocycles. The van der Waals surface area contributed by atoms with Gasteiger partial charge in [0.2, 0.25) is 10.0 Å². The van der Waals surface area contributed by atoms with Gasteiger partial charge in [-0.2, -0.15) is 18.3 Å². The molecular formula is C24H27F4N5O3S. The summed E-state index contributed by atoms with van der Waals surface area (Å²) in [4.78, 5) is 12.5. The average Bonchev–Trinajstić information content (AvgIpc) is 3.21. The minimum Gasteiger partial charge on any atom is -0.332 e. The number of nitrogens with zero attached hydrogens (tertiary/aromatic N) is 2. The predicted molar refractivity (Wildman–Crippen MR) is 131 cm³/mol. The van der Waals surface area contributed by atoms with Crippen LogP contribution in [0.2, 0.25) is 0 Å². The second-order valence-corrected chi connectivity index (χ2v) is 11.3. The van der Waals surface area contributed by atoms with Crippen LogP contribution in [0.3, 0.4) is 0 Å². The highest BCUT2D eigenvalue weighted by Crippen LogP contribution is 2.31. The zero-order chi connectivity index (χ0) is 27.6. The zero-order valence-corrected chi connectivity index (χ0v) is 21.4. The SMILES string of the molecule is CC(C)(C)c1cc(CNC(=O)Nc2ccc(CNS(C)(=O)=O)c(F)c2)n(-c2cccc(C(F)(F)F)c2)n1. The quantitative estimate of drug-likeness (QED) is 0.377. The predicted octanol–water partition coefficient (Wildman–Crippen LogP) is 4.70. The molecular weight excluding hydrogens is 514 g/mol. The number of hydrogen-bond donors (Lipinski definition) is 3. The summed E-state index contributed by atoms with van der Waals surface area (Å²) in [6, 6.07) is 9.51. The van der Waals surface area contributed by atoms with Crippen LogP contribution in [0.5, 0.6) is 0 Å². The van der Waals surface area contributed by atoms with Crippen LogP contribution in [0.15, 0.2) is 48.5 Å². The first-order chi connectivity index (χ1) is 17.0. The Balaban J connectivity index is 1.76. The van der Waals surface area contributed by atoms with Crippen LogP contribution >= 0.6 is 0 Å². The molecule has 1 aromatic heterocycles. The van der Waals surface area contributed by atoms with Gasteiger partial charge in [0.1, 0.15) is 5.82 Å². The van der Waals surface area contributed by atoms with Gasteiger partial charge < -0.3 is 10.6 Å². The summed E-state index contributed by atoms with van der Waals surface area (Å²) in [7, 11) is -3.50. The van der Waals surface area contributed by atoms with E-state index in [2.05, 4.69) is 20.5 Å². The van der Waals surface area contributed by atoms with Crippen LogP contribution < -0.4 is 15.4 Å². The van der Waals surface area contributed by atoms with E-state index in [0.29, 0.717) is 11.4 Å². The lowest BCUT2D eigenvalue weighted by atomic mass is 9.92. The molecule has 0 radical (unpaired) electrons. The number of sulfonamides is 1. The van der Waals surface area contributed by atoms with Crippen LogP contribution in [0.4, 0.5) is 28.0 Å². The van der Waals surface area contributed by atoms with Gasteiger partial charge in [-0.25, -0.2) is 27.0 Å². The summed E-state index contributed by atoms with van der Waals surface area (Å²) in [6.45, 7) is 5.38. The summed E-state index contributed by atoms with van der Waals surface area (Å²) in [5.41, 5.74) is 0.218. The first-order valence-corrected chi connectivity index (χ1v) is 13.0.